The highest BCUT2D eigenvalue weighted by molar-refractivity contribution is 6.00. The molecule has 0 spiro atoms. The Kier molecular flexibility index (Phi) is 8.56. The summed E-state index contributed by atoms with van der Waals surface area (Å²) in [5.41, 5.74) is 1.80. The van der Waals surface area contributed by atoms with Crippen molar-refractivity contribution in [3.8, 4) is 11.5 Å². The summed E-state index contributed by atoms with van der Waals surface area (Å²) in [6.07, 6.45) is 0.0865. The Morgan fingerprint density at radius 3 is 1.85 bits per heavy atom. The molecular formula is C27H36N2O5. The molecule has 2 fully saturated rings. The molecule has 0 N–H and O–H groups in total. The molecule has 2 aromatic carbocycles. The van der Waals surface area contributed by atoms with Crippen molar-refractivity contribution in [3.05, 3.63) is 59.7 Å². The van der Waals surface area contributed by atoms with Gasteiger partial charge in [0.25, 0.3) is 0 Å². The van der Waals surface area contributed by atoms with Crippen molar-refractivity contribution < 1.29 is 23.7 Å². The number of benzene rings is 2. The Hall–Kier alpha value is -2.45. The lowest BCUT2D eigenvalue weighted by Gasteiger charge is -2.44. The maximum absolute atomic E-state index is 14.2. The van der Waals surface area contributed by atoms with Gasteiger partial charge in [-0.2, -0.15) is 0 Å². The van der Waals surface area contributed by atoms with Gasteiger partial charge in [0, 0.05) is 31.7 Å². The Bertz CT molecular complexity index is 904. The van der Waals surface area contributed by atoms with E-state index >= 15 is 0 Å². The average molecular weight is 469 g/mol. The lowest BCUT2D eigenvalue weighted by atomic mass is 9.89. The van der Waals surface area contributed by atoms with Gasteiger partial charge in [-0.1, -0.05) is 12.1 Å². The summed E-state index contributed by atoms with van der Waals surface area (Å²) in [5, 5.41) is 0. The Labute approximate surface area is 202 Å². The SMILES string of the molecule is COc1ccc(C(C(C(=O)c2ccc(OC(C)C)cc2)N2CCOCC2)N2CCOCC2)cc1. The van der Waals surface area contributed by atoms with E-state index in [0.717, 1.165) is 43.2 Å². The van der Waals surface area contributed by atoms with Crippen LogP contribution in [0.15, 0.2) is 48.5 Å². The predicted molar refractivity (Wildman–Crippen MR) is 131 cm³/mol. The molecule has 0 saturated carbocycles. The summed E-state index contributed by atoms with van der Waals surface area (Å²) in [4.78, 5) is 18.8. The predicted octanol–water partition coefficient (Wildman–Crippen LogP) is 3.44. The topological polar surface area (TPSA) is 60.5 Å². The summed E-state index contributed by atoms with van der Waals surface area (Å²) < 4.78 is 22.4. The number of Topliss-reactive ketones (excluding diaryl/α,β-unsaturated/α-hetero) is 1. The van der Waals surface area contributed by atoms with Crippen LogP contribution in [0.1, 0.15) is 35.8 Å². The van der Waals surface area contributed by atoms with Crippen molar-refractivity contribution in [2.24, 2.45) is 0 Å². The van der Waals surface area contributed by atoms with Crippen LogP contribution in [0.2, 0.25) is 0 Å². The molecule has 0 aromatic heterocycles. The molecule has 2 atom stereocenters. The molecule has 0 amide bonds. The molecule has 2 aromatic rings. The molecule has 4 rings (SSSR count). The first-order valence-corrected chi connectivity index (χ1v) is 12.2. The van der Waals surface area contributed by atoms with E-state index in [1.54, 1.807) is 7.11 Å². The minimum atomic E-state index is -0.340. The molecule has 2 heterocycles. The monoisotopic (exact) mass is 468 g/mol. The first kappa shape index (κ1) is 24.7. The maximum Gasteiger partial charge on any atom is 0.181 e. The number of morpholine rings is 2. The number of rotatable bonds is 9. The van der Waals surface area contributed by atoms with Gasteiger partial charge in [-0.15, -0.1) is 0 Å². The van der Waals surface area contributed by atoms with E-state index in [2.05, 4.69) is 21.9 Å². The normalized spacial score (nSPS) is 19.5. The van der Waals surface area contributed by atoms with Gasteiger partial charge in [0.2, 0.25) is 0 Å². The smallest absolute Gasteiger partial charge is 0.181 e. The number of carbonyl (C=O) groups excluding carboxylic acids is 1. The van der Waals surface area contributed by atoms with E-state index < -0.39 is 0 Å². The number of ether oxygens (including phenoxy) is 4. The van der Waals surface area contributed by atoms with Gasteiger partial charge in [0.05, 0.1) is 51.7 Å². The number of hydrogen-bond acceptors (Lipinski definition) is 7. The third-order valence-corrected chi connectivity index (χ3v) is 6.41. The fourth-order valence-electron chi connectivity index (χ4n) is 4.75. The van der Waals surface area contributed by atoms with Crippen molar-refractivity contribution in [1.82, 2.24) is 9.80 Å². The van der Waals surface area contributed by atoms with Crippen molar-refractivity contribution in [2.75, 3.05) is 59.7 Å². The molecule has 2 aliphatic heterocycles. The van der Waals surface area contributed by atoms with Crippen LogP contribution in [0.5, 0.6) is 11.5 Å². The van der Waals surface area contributed by atoms with Gasteiger partial charge in [-0.05, 0) is 55.8 Å². The van der Waals surface area contributed by atoms with E-state index in [9.17, 15) is 4.79 Å². The molecule has 2 aliphatic rings. The Morgan fingerprint density at radius 2 is 1.32 bits per heavy atom. The summed E-state index contributed by atoms with van der Waals surface area (Å²) in [6.45, 7) is 9.59. The number of ketones is 1. The molecule has 7 heteroatoms. The Morgan fingerprint density at radius 1 is 0.794 bits per heavy atom. The van der Waals surface area contributed by atoms with Crippen LogP contribution in [0.25, 0.3) is 0 Å². The minimum Gasteiger partial charge on any atom is -0.497 e. The highest BCUT2D eigenvalue weighted by Gasteiger charge is 2.39. The Balaban J connectivity index is 1.71. The van der Waals surface area contributed by atoms with Crippen LogP contribution in [-0.4, -0.2) is 87.4 Å². The second-order valence-electron chi connectivity index (χ2n) is 9.01. The largest absolute Gasteiger partial charge is 0.497 e. The average Bonchev–Trinajstić information content (AvgIpc) is 2.88. The van der Waals surface area contributed by atoms with Crippen molar-refractivity contribution in [3.63, 3.8) is 0 Å². The molecule has 2 saturated heterocycles. The molecular weight excluding hydrogens is 432 g/mol. The van der Waals surface area contributed by atoms with Crippen LogP contribution < -0.4 is 9.47 Å². The number of nitrogens with zero attached hydrogens (tertiary/aromatic N) is 2. The van der Waals surface area contributed by atoms with E-state index in [1.165, 1.54) is 0 Å². The molecule has 2 unspecified atom stereocenters. The van der Waals surface area contributed by atoms with Gasteiger partial charge in [-0.3, -0.25) is 14.6 Å². The quantitative estimate of drug-likeness (QED) is 0.523. The molecule has 34 heavy (non-hydrogen) atoms. The second-order valence-corrected chi connectivity index (χ2v) is 9.01. The number of methoxy groups -OCH3 is 1. The third kappa shape index (κ3) is 5.96. The fraction of sp³-hybridized carbons (Fsp3) is 0.519. The zero-order valence-electron chi connectivity index (χ0n) is 20.4. The minimum absolute atomic E-state index is 0.0865. The van der Waals surface area contributed by atoms with E-state index in [1.807, 2.05) is 50.2 Å². The highest BCUT2D eigenvalue weighted by atomic mass is 16.5. The van der Waals surface area contributed by atoms with Gasteiger partial charge in [0.15, 0.2) is 5.78 Å². The summed E-state index contributed by atoms with van der Waals surface area (Å²) in [6, 6.07) is 15.2. The van der Waals surface area contributed by atoms with Gasteiger partial charge in [-0.25, -0.2) is 0 Å². The second kappa shape index (κ2) is 11.8. The summed E-state index contributed by atoms with van der Waals surface area (Å²) in [5.74, 6) is 1.69. The van der Waals surface area contributed by atoms with Gasteiger partial charge < -0.3 is 18.9 Å². The van der Waals surface area contributed by atoms with Crippen LogP contribution in [-0.2, 0) is 9.47 Å². The molecule has 0 aliphatic carbocycles. The lowest BCUT2D eigenvalue weighted by Crippen LogP contribution is -2.55. The standard InChI is InChI=1S/C27H36N2O5/c1-20(2)34-24-10-6-22(7-11-24)27(30)26(29-14-18-33-19-15-29)25(28-12-16-32-17-13-28)21-4-8-23(31-3)9-5-21/h4-11,20,25-26H,12-19H2,1-3H3. The molecule has 0 radical (unpaired) electrons. The van der Waals surface area contributed by atoms with Crippen molar-refractivity contribution in [1.29, 1.82) is 0 Å². The van der Waals surface area contributed by atoms with Crippen molar-refractivity contribution in [2.45, 2.75) is 32.0 Å². The molecule has 0 bridgehead atoms. The van der Waals surface area contributed by atoms with E-state index in [0.29, 0.717) is 32.0 Å². The highest BCUT2D eigenvalue weighted by Crippen LogP contribution is 2.33. The van der Waals surface area contributed by atoms with Crippen LogP contribution in [0.3, 0.4) is 0 Å². The zero-order valence-corrected chi connectivity index (χ0v) is 20.4. The summed E-state index contributed by atoms with van der Waals surface area (Å²) >= 11 is 0. The van der Waals surface area contributed by atoms with E-state index in [4.69, 9.17) is 18.9 Å². The zero-order chi connectivity index (χ0) is 23.9. The fourth-order valence-corrected chi connectivity index (χ4v) is 4.75. The van der Waals surface area contributed by atoms with Crippen LogP contribution >= 0.6 is 0 Å². The summed E-state index contributed by atoms with van der Waals surface area (Å²) in [7, 11) is 1.67. The maximum atomic E-state index is 14.2. The van der Waals surface area contributed by atoms with E-state index in [-0.39, 0.29) is 24.0 Å². The first-order chi connectivity index (χ1) is 16.6. The molecule has 184 valence electrons. The third-order valence-electron chi connectivity index (χ3n) is 6.41. The van der Waals surface area contributed by atoms with Crippen molar-refractivity contribution >= 4 is 5.78 Å². The molecule has 7 nitrogen and oxygen atoms in total. The van der Waals surface area contributed by atoms with Crippen LogP contribution in [0, 0.1) is 0 Å². The van der Waals surface area contributed by atoms with Crippen LogP contribution in [0.4, 0.5) is 0 Å². The van der Waals surface area contributed by atoms with Gasteiger partial charge >= 0.3 is 0 Å². The number of carbonyl (C=O) groups is 1. The lowest BCUT2D eigenvalue weighted by molar-refractivity contribution is -0.0301. The number of hydrogen-bond donors (Lipinski definition) is 0. The van der Waals surface area contributed by atoms with Gasteiger partial charge in [0.1, 0.15) is 11.5 Å². The first-order valence-electron chi connectivity index (χ1n) is 12.2.